The molecule has 1 saturated heterocycles. The second kappa shape index (κ2) is 7.18. The molecule has 0 amide bonds. The number of nitrogens with zero attached hydrogens (tertiary/aromatic N) is 1. The Labute approximate surface area is 161 Å². The number of phenols is 2. The first-order valence-electron chi connectivity index (χ1n) is 9.06. The van der Waals surface area contributed by atoms with Gasteiger partial charge in [0.1, 0.15) is 22.6 Å². The van der Waals surface area contributed by atoms with Crippen LogP contribution in [0.15, 0.2) is 51.7 Å². The summed E-state index contributed by atoms with van der Waals surface area (Å²) in [5, 5.41) is 31.2. The van der Waals surface area contributed by atoms with Crippen LogP contribution < -0.4 is 10.2 Å². The van der Waals surface area contributed by atoms with Gasteiger partial charge in [-0.2, -0.15) is 0 Å². The molecule has 7 nitrogen and oxygen atoms in total. The maximum Gasteiger partial charge on any atom is 0.294 e. The van der Waals surface area contributed by atoms with Crippen molar-refractivity contribution < 1.29 is 24.5 Å². The van der Waals surface area contributed by atoms with E-state index in [4.69, 9.17) is 9.15 Å². The predicted octanol–water partition coefficient (Wildman–Crippen LogP) is 2.78. The van der Waals surface area contributed by atoms with Gasteiger partial charge in [-0.15, -0.1) is 0 Å². The van der Waals surface area contributed by atoms with Crippen LogP contribution in [0.2, 0.25) is 0 Å². The average molecular weight is 383 g/mol. The number of para-hydroxylation sites is 1. The van der Waals surface area contributed by atoms with Gasteiger partial charge in [-0.3, -0.25) is 4.79 Å². The molecule has 1 aromatic heterocycles. The number of piperidine rings is 1. The molecule has 0 radical (unpaired) electrons. The lowest BCUT2D eigenvalue weighted by molar-refractivity contribution is 0.0630. The standard InChI is InChI=1S/C21H21NO6/c1-22-8-7-13(17(26)11-22)19-14(23)9-15(24)20-16(25)10-18(28-21(19)20)27-12-5-3-2-4-6-12/h2-6,9-10,13,17,23-24,26H,7-8,11H2,1H3/t13-,17+/m1/s1. The molecule has 0 aliphatic carbocycles. The fourth-order valence-electron chi connectivity index (χ4n) is 3.74. The van der Waals surface area contributed by atoms with Crippen LogP contribution in [-0.2, 0) is 0 Å². The molecule has 0 bridgehead atoms. The Kier molecular flexibility index (Phi) is 4.70. The van der Waals surface area contributed by atoms with E-state index in [1.54, 1.807) is 24.3 Å². The van der Waals surface area contributed by atoms with Gasteiger partial charge >= 0.3 is 0 Å². The predicted molar refractivity (Wildman–Crippen MR) is 103 cm³/mol. The van der Waals surface area contributed by atoms with Gasteiger partial charge in [0.2, 0.25) is 0 Å². The van der Waals surface area contributed by atoms with Crippen LogP contribution in [0.5, 0.6) is 23.2 Å². The topological polar surface area (TPSA) is 103 Å². The van der Waals surface area contributed by atoms with Crippen LogP contribution >= 0.6 is 0 Å². The first-order chi connectivity index (χ1) is 13.4. The summed E-state index contributed by atoms with van der Waals surface area (Å²) in [5.41, 5.74) is -0.151. The minimum Gasteiger partial charge on any atom is -0.507 e. The van der Waals surface area contributed by atoms with Crippen molar-refractivity contribution >= 4 is 11.0 Å². The highest BCUT2D eigenvalue weighted by atomic mass is 16.6. The van der Waals surface area contributed by atoms with Crippen LogP contribution in [0.25, 0.3) is 11.0 Å². The summed E-state index contributed by atoms with van der Waals surface area (Å²) in [6.45, 7) is 1.14. The Morgan fingerprint density at radius 1 is 1.14 bits per heavy atom. The summed E-state index contributed by atoms with van der Waals surface area (Å²) >= 11 is 0. The lowest BCUT2D eigenvalue weighted by Crippen LogP contribution is -2.40. The van der Waals surface area contributed by atoms with Gasteiger partial charge in [0, 0.05) is 24.1 Å². The van der Waals surface area contributed by atoms with Gasteiger partial charge in [0.15, 0.2) is 11.0 Å². The molecule has 2 heterocycles. The molecule has 4 rings (SSSR count). The average Bonchev–Trinajstić information content (AvgIpc) is 2.63. The zero-order chi connectivity index (χ0) is 19.8. The molecule has 1 fully saturated rings. The van der Waals surface area contributed by atoms with Gasteiger partial charge in [0.25, 0.3) is 5.95 Å². The lowest BCUT2D eigenvalue weighted by Gasteiger charge is -2.34. The third-order valence-corrected chi connectivity index (χ3v) is 5.09. The van der Waals surface area contributed by atoms with Crippen molar-refractivity contribution in [2.24, 2.45) is 0 Å². The molecule has 0 spiro atoms. The van der Waals surface area contributed by atoms with E-state index in [1.807, 2.05) is 18.0 Å². The molecule has 3 N–H and O–H groups in total. The molecule has 2 atom stereocenters. The third-order valence-electron chi connectivity index (χ3n) is 5.09. The fourth-order valence-corrected chi connectivity index (χ4v) is 3.74. The van der Waals surface area contributed by atoms with Crippen molar-refractivity contribution in [1.82, 2.24) is 4.90 Å². The number of benzene rings is 2. The van der Waals surface area contributed by atoms with Gasteiger partial charge < -0.3 is 29.4 Å². The Morgan fingerprint density at radius 2 is 1.89 bits per heavy atom. The second-order valence-corrected chi connectivity index (χ2v) is 7.10. The fraction of sp³-hybridized carbons (Fsp3) is 0.286. The van der Waals surface area contributed by atoms with Gasteiger partial charge in [0.05, 0.1) is 12.2 Å². The number of ether oxygens (including phenoxy) is 1. The Balaban J connectivity index is 1.88. The van der Waals surface area contributed by atoms with Crippen LogP contribution in [0, 0.1) is 0 Å². The number of hydrogen-bond acceptors (Lipinski definition) is 7. The Hall–Kier alpha value is -3.03. The van der Waals surface area contributed by atoms with E-state index in [1.165, 1.54) is 0 Å². The molecule has 2 aromatic carbocycles. The number of fused-ring (bicyclic) bond motifs is 1. The summed E-state index contributed by atoms with van der Waals surface area (Å²) in [7, 11) is 1.90. The van der Waals surface area contributed by atoms with Crippen molar-refractivity contribution in [3.63, 3.8) is 0 Å². The number of β-amino-alcohol motifs (C(OH)–C–C–N with tert-alkyl or cyclic N) is 1. The molecule has 3 aromatic rings. The summed E-state index contributed by atoms with van der Waals surface area (Å²) in [5.74, 6) is -0.612. The smallest absolute Gasteiger partial charge is 0.294 e. The van der Waals surface area contributed by atoms with Crippen molar-refractivity contribution in [2.75, 3.05) is 20.1 Å². The molecule has 7 heteroatoms. The van der Waals surface area contributed by atoms with Crippen LogP contribution in [0.4, 0.5) is 0 Å². The van der Waals surface area contributed by atoms with Crippen molar-refractivity contribution in [3.8, 4) is 23.2 Å². The number of rotatable bonds is 3. The maximum atomic E-state index is 12.6. The van der Waals surface area contributed by atoms with Gasteiger partial charge in [-0.25, -0.2) is 0 Å². The molecule has 0 saturated carbocycles. The molecule has 0 unspecified atom stereocenters. The van der Waals surface area contributed by atoms with Crippen LogP contribution in [-0.4, -0.2) is 46.5 Å². The van der Waals surface area contributed by atoms with E-state index < -0.39 is 17.5 Å². The number of hydrogen-bond donors (Lipinski definition) is 3. The molecular formula is C21H21NO6. The van der Waals surface area contributed by atoms with Crippen LogP contribution in [0.1, 0.15) is 17.9 Å². The molecule has 1 aliphatic heterocycles. The number of aromatic hydroxyl groups is 2. The number of aliphatic hydroxyl groups is 1. The number of likely N-dealkylation sites (tertiary alicyclic amines) is 1. The van der Waals surface area contributed by atoms with E-state index in [-0.39, 0.29) is 28.4 Å². The molecule has 146 valence electrons. The lowest BCUT2D eigenvalue weighted by atomic mass is 9.85. The van der Waals surface area contributed by atoms with E-state index in [0.717, 1.165) is 12.1 Å². The second-order valence-electron chi connectivity index (χ2n) is 7.10. The Morgan fingerprint density at radius 3 is 2.61 bits per heavy atom. The largest absolute Gasteiger partial charge is 0.507 e. The van der Waals surface area contributed by atoms with Crippen molar-refractivity contribution in [3.05, 3.63) is 58.3 Å². The summed E-state index contributed by atoms with van der Waals surface area (Å²) in [6.07, 6.45) is -0.181. The summed E-state index contributed by atoms with van der Waals surface area (Å²) in [6, 6.07) is 11.1. The monoisotopic (exact) mass is 383 g/mol. The van der Waals surface area contributed by atoms with Gasteiger partial charge in [-0.1, -0.05) is 18.2 Å². The Bertz CT molecular complexity index is 1060. The van der Waals surface area contributed by atoms with E-state index >= 15 is 0 Å². The number of likely N-dealkylation sites (N-methyl/N-ethyl adjacent to an activating group) is 1. The zero-order valence-corrected chi connectivity index (χ0v) is 15.3. The van der Waals surface area contributed by atoms with E-state index in [9.17, 15) is 20.1 Å². The van der Waals surface area contributed by atoms with Crippen LogP contribution in [0.3, 0.4) is 0 Å². The SMILES string of the molecule is CN1CC[C@@H](c2c(O)cc(O)c3c(=O)cc(Oc4ccccc4)oc23)[C@@H](O)C1. The van der Waals surface area contributed by atoms with E-state index in [2.05, 4.69) is 0 Å². The quantitative estimate of drug-likeness (QED) is 0.639. The number of aliphatic hydroxyl groups excluding tert-OH is 1. The third kappa shape index (κ3) is 3.30. The summed E-state index contributed by atoms with van der Waals surface area (Å²) in [4.78, 5) is 14.6. The maximum absolute atomic E-state index is 12.6. The highest BCUT2D eigenvalue weighted by Gasteiger charge is 2.33. The first-order valence-corrected chi connectivity index (χ1v) is 9.06. The minimum absolute atomic E-state index is 0.0320. The zero-order valence-electron chi connectivity index (χ0n) is 15.3. The van der Waals surface area contributed by atoms with Crippen molar-refractivity contribution in [1.29, 1.82) is 0 Å². The van der Waals surface area contributed by atoms with Crippen molar-refractivity contribution in [2.45, 2.75) is 18.4 Å². The normalized spacial score (nSPS) is 20.4. The molecule has 1 aliphatic rings. The highest BCUT2D eigenvalue weighted by Crippen LogP contribution is 2.42. The van der Waals surface area contributed by atoms with Gasteiger partial charge in [-0.05, 0) is 32.1 Å². The van der Waals surface area contributed by atoms with E-state index in [0.29, 0.717) is 30.8 Å². The highest BCUT2D eigenvalue weighted by molar-refractivity contribution is 5.88. The summed E-state index contributed by atoms with van der Waals surface area (Å²) < 4.78 is 11.4. The molecular weight excluding hydrogens is 362 g/mol. The number of phenolic OH excluding ortho intramolecular Hbond substituents is 2. The molecule has 28 heavy (non-hydrogen) atoms. The minimum atomic E-state index is -0.749. The first kappa shape index (κ1) is 18.3.